The summed E-state index contributed by atoms with van der Waals surface area (Å²) in [5, 5.41) is 0. The number of carbonyl (C=O) groups excluding carboxylic acids is 2. The van der Waals surface area contributed by atoms with Crippen LogP contribution in [0.1, 0.15) is 29.8 Å². The zero-order valence-corrected chi connectivity index (χ0v) is 13.6. The van der Waals surface area contributed by atoms with Crippen LogP contribution in [0.4, 0.5) is 0 Å². The van der Waals surface area contributed by atoms with Gasteiger partial charge in [-0.1, -0.05) is 23.8 Å². The highest BCUT2D eigenvalue weighted by molar-refractivity contribution is 5.94. The van der Waals surface area contributed by atoms with Gasteiger partial charge >= 0.3 is 5.97 Å². The topological polar surface area (TPSA) is 55.8 Å². The zero-order chi connectivity index (χ0) is 16.7. The van der Waals surface area contributed by atoms with Crippen molar-refractivity contribution in [2.75, 3.05) is 26.8 Å². The third-order valence-electron chi connectivity index (χ3n) is 3.10. The van der Waals surface area contributed by atoms with Crippen LogP contribution in [0, 0.1) is 6.92 Å². The first-order chi connectivity index (χ1) is 10.4. The summed E-state index contributed by atoms with van der Waals surface area (Å²) in [6, 6.07) is 5.22. The Hall–Kier alpha value is -2.30. The molecule has 1 amide bonds. The first-order valence-electron chi connectivity index (χ1n) is 7.13. The second-order valence-electron chi connectivity index (χ2n) is 5.14. The largest absolute Gasteiger partial charge is 0.496 e. The van der Waals surface area contributed by atoms with Crippen molar-refractivity contribution in [1.82, 2.24) is 4.90 Å². The number of carbonyl (C=O) groups is 2. The lowest BCUT2D eigenvalue weighted by molar-refractivity contribution is -0.133. The molecular weight excluding hydrogens is 282 g/mol. The van der Waals surface area contributed by atoms with Crippen LogP contribution in [0.3, 0.4) is 0 Å². The molecule has 5 nitrogen and oxygen atoms in total. The van der Waals surface area contributed by atoms with E-state index >= 15 is 0 Å². The Labute approximate surface area is 131 Å². The smallest absolute Gasteiger partial charge is 0.342 e. The molecule has 1 rings (SSSR count). The molecule has 5 heteroatoms. The molecule has 0 saturated heterocycles. The van der Waals surface area contributed by atoms with E-state index in [1.807, 2.05) is 26.8 Å². The van der Waals surface area contributed by atoms with Gasteiger partial charge in [0.05, 0.1) is 7.11 Å². The minimum Gasteiger partial charge on any atom is -0.496 e. The molecule has 0 bridgehead atoms. The molecule has 0 aliphatic rings. The van der Waals surface area contributed by atoms with Gasteiger partial charge < -0.3 is 14.4 Å². The number of esters is 1. The average molecular weight is 305 g/mol. The van der Waals surface area contributed by atoms with E-state index in [0.717, 1.165) is 11.1 Å². The molecule has 120 valence electrons. The number of methoxy groups -OCH3 is 1. The summed E-state index contributed by atoms with van der Waals surface area (Å²) in [6.45, 7) is 10.1. The minimum absolute atomic E-state index is 0.245. The Morgan fingerprint density at radius 2 is 2.00 bits per heavy atom. The van der Waals surface area contributed by atoms with Crippen LogP contribution in [0.25, 0.3) is 0 Å². The van der Waals surface area contributed by atoms with Gasteiger partial charge in [-0.3, -0.25) is 4.79 Å². The quantitative estimate of drug-likeness (QED) is 0.574. The Morgan fingerprint density at radius 1 is 1.32 bits per heavy atom. The Balaban J connectivity index is 2.71. The van der Waals surface area contributed by atoms with Gasteiger partial charge in [-0.2, -0.15) is 0 Å². The number of likely N-dealkylation sites (N-methyl/N-ethyl adjacent to an activating group) is 1. The van der Waals surface area contributed by atoms with Gasteiger partial charge in [-0.05, 0) is 32.9 Å². The highest BCUT2D eigenvalue weighted by Crippen LogP contribution is 2.20. The number of benzene rings is 1. The number of aryl methyl sites for hydroxylation is 1. The normalized spacial score (nSPS) is 10.0. The Kier molecular flexibility index (Phi) is 6.63. The second kappa shape index (κ2) is 8.22. The molecule has 22 heavy (non-hydrogen) atoms. The van der Waals surface area contributed by atoms with E-state index in [1.165, 1.54) is 7.11 Å². The summed E-state index contributed by atoms with van der Waals surface area (Å²) in [7, 11) is 1.48. The van der Waals surface area contributed by atoms with E-state index in [9.17, 15) is 9.59 Å². The standard InChI is InChI=1S/C17H23NO4/c1-6-18(10-12(2)3)16(19)11-22-17(20)14-9-13(4)7-8-15(14)21-5/h7-9H,2,6,10-11H2,1,3-5H3. The molecule has 0 aliphatic heterocycles. The highest BCUT2D eigenvalue weighted by atomic mass is 16.5. The van der Waals surface area contributed by atoms with Crippen molar-refractivity contribution in [3.63, 3.8) is 0 Å². The summed E-state index contributed by atoms with van der Waals surface area (Å²) in [6.07, 6.45) is 0. The number of hydrogen-bond donors (Lipinski definition) is 0. The van der Waals surface area contributed by atoms with E-state index in [0.29, 0.717) is 24.4 Å². The molecule has 0 unspecified atom stereocenters. The van der Waals surface area contributed by atoms with Crippen molar-refractivity contribution in [2.45, 2.75) is 20.8 Å². The van der Waals surface area contributed by atoms with E-state index in [2.05, 4.69) is 6.58 Å². The molecular formula is C17H23NO4. The van der Waals surface area contributed by atoms with Crippen molar-refractivity contribution in [3.05, 3.63) is 41.5 Å². The molecule has 0 aliphatic carbocycles. The molecule has 0 saturated carbocycles. The predicted molar refractivity (Wildman–Crippen MR) is 85.1 cm³/mol. The fraction of sp³-hybridized carbons (Fsp3) is 0.412. The predicted octanol–water partition coefficient (Wildman–Crippen LogP) is 2.59. The van der Waals surface area contributed by atoms with E-state index in [-0.39, 0.29) is 12.5 Å². The monoisotopic (exact) mass is 305 g/mol. The SMILES string of the molecule is C=C(C)CN(CC)C(=O)COC(=O)c1cc(C)ccc1OC. The van der Waals surface area contributed by atoms with Crippen LogP contribution in [0.5, 0.6) is 5.75 Å². The van der Waals surface area contributed by atoms with Crippen LogP contribution in [0.2, 0.25) is 0 Å². The fourth-order valence-corrected chi connectivity index (χ4v) is 1.98. The zero-order valence-electron chi connectivity index (χ0n) is 13.6. The molecule has 0 aromatic heterocycles. The van der Waals surface area contributed by atoms with E-state index in [1.54, 1.807) is 17.0 Å². The first kappa shape index (κ1) is 17.8. The Bertz CT molecular complexity index is 566. The van der Waals surface area contributed by atoms with E-state index in [4.69, 9.17) is 9.47 Å². The van der Waals surface area contributed by atoms with Crippen LogP contribution >= 0.6 is 0 Å². The summed E-state index contributed by atoms with van der Waals surface area (Å²) in [5.74, 6) is -0.386. The van der Waals surface area contributed by atoms with Crippen molar-refractivity contribution >= 4 is 11.9 Å². The lowest BCUT2D eigenvalue weighted by atomic mass is 10.1. The number of rotatable bonds is 7. The molecule has 0 spiro atoms. The van der Waals surface area contributed by atoms with Crippen LogP contribution in [-0.2, 0) is 9.53 Å². The Morgan fingerprint density at radius 3 is 2.55 bits per heavy atom. The lowest BCUT2D eigenvalue weighted by Crippen LogP contribution is -2.35. The number of ether oxygens (including phenoxy) is 2. The van der Waals surface area contributed by atoms with Gasteiger partial charge in [-0.25, -0.2) is 4.79 Å². The molecule has 1 aromatic rings. The number of nitrogens with zero attached hydrogens (tertiary/aromatic N) is 1. The van der Waals surface area contributed by atoms with Gasteiger partial charge in [0.1, 0.15) is 11.3 Å². The molecule has 0 heterocycles. The average Bonchev–Trinajstić information content (AvgIpc) is 2.49. The molecule has 1 aromatic carbocycles. The summed E-state index contributed by atoms with van der Waals surface area (Å²) >= 11 is 0. The maximum Gasteiger partial charge on any atom is 0.342 e. The number of amides is 1. The lowest BCUT2D eigenvalue weighted by Gasteiger charge is -2.20. The van der Waals surface area contributed by atoms with Crippen molar-refractivity contribution in [3.8, 4) is 5.75 Å². The summed E-state index contributed by atoms with van der Waals surface area (Å²) in [5.41, 5.74) is 2.11. The highest BCUT2D eigenvalue weighted by Gasteiger charge is 2.18. The van der Waals surface area contributed by atoms with E-state index < -0.39 is 5.97 Å². The molecule has 0 fully saturated rings. The fourth-order valence-electron chi connectivity index (χ4n) is 1.98. The van der Waals surface area contributed by atoms with Gasteiger partial charge in [0.2, 0.25) is 0 Å². The van der Waals surface area contributed by atoms with Gasteiger partial charge in [0, 0.05) is 13.1 Å². The molecule has 0 N–H and O–H groups in total. The van der Waals surface area contributed by atoms with Gasteiger partial charge in [0.25, 0.3) is 5.91 Å². The molecule has 0 radical (unpaired) electrons. The minimum atomic E-state index is -0.569. The summed E-state index contributed by atoms with van der Waals surface area (Å²) in [4.78, 5) is 25.8. The maximum atomic E-state index is 12.1. The van der Waals surface area contributed by atoms with Crippen LogP contribution in [-0.4, -0.2) is 43.6 Å². The van der Waals surface area contributed by atoms with Crippen molar-refractivity contribution in [1.29, 1.82) is 0 Å². The number of hydrogen-bond acceptors (Lipinski definition) is 4. The van der Waals surface area contributed by atoms with Crippen molar-refractivity contribution in [2.24, 2.45) is 0 Å². The summed E-state index contributed by atoms with van der Waals surface area (Å²) < 4.78 is 10.3. The molecule has 0 atom stereocenters. The maximum absolute atomic E-state index is 12.1. The van der Waals surface area contributed by atoms with Crippen molar-refractivity contribution < 1.29 is 19.1 Å². The third-order valence-corrected chi connectivity index (χ3v) is 3.10. The van der Waals surface area contributed by atoms with Gasteiger partial charge in [0.15, 0.2) is 6.61 Å². The van der Waals surface area contributed by atoms with Crippen LogP contribution < -0.4 is 4.74 Å². The first-order valence-corrected chi connectivity index (χ1v) is 7.13. The van der Waals surface area contributed by atoms with Crippen LogP contribution in [0.15, 0.2) is 30.4 Å². The third kappa shape index (κ3) is 4.91. The van der Waals surface area contributed by atoms with Gasteiger partial charge in [-0.15, -0.1) is 0 Å². The second-order valence-corrected chi connectivity index (χ2v) is 5.14.